The van der Waals surface area contributed by atoms with E-state index in [2.05, 4.69) is 15.6 Å². The predicted molar refractivity (Wildman–Crippen MR) is 57.9 cm³/mol. The standard InChI is InChI=1S/C9H10N4S/c1-6-5-8(11-10)12-13-9(6)7-3-2-4-14-7/h2-5H,10H2,1H3,(H,11,12). The van der Waals surface area contributed by atoms with Crippen molar-refractivity contribution in [2.24, 2.45) is 5.84 Å². The fourth-order valence-electron chi connectivity index (χ4n) is 1.21. The summed E-state index contributed by atoms with van der Waals surface area (Å²) in [6.07, 6.45) is 0. The average Bonchev–Trinajstić information content (AvgIpc) is 2.70. The quantitative estimate of drug-likeness (QED) is 0.581. The largest absolute Gasteiger partial charge is 0.307 e. The summed E-state index contributed by atoms with van der Waals surface area (Å²) >= 11 is 1.65. The van der Waals surface area contributed by atoms with Gasteiger partial charge in [0.05, 0.1) is 4.88 Å². The minimum absolute atomic E-state index is 0.586. The Bertz CT molecular complexity index is 424. The molecule has 0 saturated carbocycles. The van der Waals surface area contributed by atoms with Crippen molar-refractivity contribution >= 4 is 17.2 Å². The van der Waals surface area contributed by atoms with Gasteiger partial charge in [-0.1, -0.05) is 6.07 Å². The third-order valence-corrected chi connectivity index (χ3v) is 2.76. The summed E-state index contributed by atoms with van der Waals surface area (Å²) in [6, 6.07) is 5.90. The van der Waals surface area contributed by atoms with Crippen LogP contribution in [0.1, 0.15) is 5.56 Å². The topological polar surface area (TPSA) is 63.8 Å². The number of hydrogen-bond donors (Lipinski definition) is 2. The SMILES string of the molecule is Cc1cc(NN)nnc1-c1cccs1. The minimum Gasteiger partial charge on any atom is -0.307 e. The van der Waals surface area contributed by atoms with Crippen molar-refractivity contribution in [1.82, 2.24) is 10.2 Å². The van der Waals surface area contributed by atoms with Gasteiger partial charge in [-0.3, -0.25) is 0 Å². The van der Waals surface area contributed by atoms with Crippen LogP contribution in [0, 0.1) is 6.92 Å². The zero-order valence-electron chi connectivity index (χ0n) is 7.69. The molecule has 0 aliphatic heterocycles. The van der Waals surface area contributed by atoms with Crippen LogP contribution < -0.4 is 11.3 Å². The van der Waals surface area contributed by atoms with Gasteiger partial charge in [0, 0.05) is 0 Å². The lowest BCUT2D eigenvalue weighted by atomic mass is 10.2. The number of thiophene rings is 1. The number of nitrogens with zero attached hydrogens (tertiary/aromatic N) is 2. The van der Waals surface area contributed by atoms with Crippen molar-refractivity contribution in [3.63, 3.8) is 0 Å². The van der Waals surface area contributed by atoms with Crippen molar-refractivity contribution < 1.29 is 0 Å². The first-order chi connectivity index (χ1) is 6.81. The maximum Gasteiger partial charge on any atom is 0.162 e. The second-order valence-corrected chi connectivity index (χ2v) is 3.83. The molecule has 0 bridgehead atoms. The van der Waals surface area contributed by atoms with E-state index in [1.165, 1.54) is 0 Å². The van der Waals surface area contributed by atoms with Crippen LogP contribution in [-0.4, -0.2) is 10.2 Å². The van der Waals surface area contributed by atoms with Gasteiger partial charge in [-0.25, -0.2) is 5.84 Å². The average molecular weight is 206 g/mol. The molecule has 0 amide bonds. The summed E-state index contributed by atoms with van der Waals surface area (Å²) in [6.45, 7) is 1.99. The molecule has 2 aromatic rings. The van der Waals surface area contributed by atoms with E-state index in [0.717, 1.165) is 16.1 Å². The van der Waals surface area contributed by atoms with Crippen molar-refractivity contribution in [2.75, 3.05) is 5.43 Å². The van der Waals surface area contributed by atoms with Crippen LogP contribution in [0.4, 0.5) is 5.82 Å². The summed E-state index contributed by atoms with van der Waals surface area (Å²) < 4.78 is 0. The van der Waals surface area contributed by atoms with Gasteiger partial charge in [0.2, 0.25) is 0 Å². The van der Waals surface area contributed by atoms with Crippen molar-refractivity contribution in [1.29, 1.82) is 0 Å². The molecule has 0 aliphatic carbocycles. The molecule has 0 saturated heterocycles. The van der Waals surface area contributed by atoms with Gasteiger partial charge in [-0.15, -0.1) is 21.5 Å². The second kappa shape index (κ2) is 3.73. The number of nitrogens with two attached hydrogens (primary N) is 1. The molecule has 0 aromatic carbocycles. The van der Waals surface area contributed by atoms with Crippen LogP contribution in [0.15, 0.2) is 23.6 Å². The summed E-state index contributed by atoms with van der Waals surface area (Å²) in [5.74, 6) is 5.82. The maximum absolute atomic E-state index is 5.24. The van der Waals surface area contributed by atoms with Gasteiger partial charge < -0.3 is 5.43 Å². The Morgan fingerprint density at radius 2 is 2.29 bits per heavy atom. The Hall–Kier alpha value is -1.46. The summed E-state index contributed by atoms with van der Waals surface area (Å²) in [5, 5.41) is 10.1. The van der Waals surface area contributed by atoms with Crippen LogP contribution in [0.25, 0.3) is 10.6 Å². The number of hydrogen-bond acceptors (Lipinski definition) is 5. The van der Waals surface area contributed by atoms with E-state index in [9.17, 15) is 0 Å². The summed E-state index contributed by atoms with van der Waals surface area (Å²) in [4.78, 5) is 1.12. The molecule has 0 atom stereocenters. The molecule has 0 aliphatic rings. The van der Waals surface area contributed by atoms with Crippen molar-refractivity contribution in [3.8, 4) is 10.6 Å². The zero-order valence-corrected chi connectivity index (χ0v) is 8.51. The van der Waals surface area contributed by atoms with E-state index in [4.69, 9.17) is 5.84 Å². The fourth-order valence-corrected chi connectivity index (χ4v) is 1.99. The summed E-state index contributed by atoms with van der Waals surface area (Å²) in [5.41, 5.74) is 4.45. The van der Waals surface area contributed by atoms with Gasteiger partial charge in [0.25, 0.3) is 0 Å². The van der Waals surface area contributed by atoms with Crippen molar-refractivity contribution in [3.05, 3.63) is 29.1 Å². The van der Waals surface area contributed by atoms with E-state index in [-0.39, 0.29) is 0 Å². The highest BCUT2D eigenvalue weighted by molar-refractivity contribution is 7.13. The third kappa shape index (κ3) is 1.59. The van der Waals surface area contributed by atoms with Gasteiger partial charge in [0.1, 0.15) is 5.69 Å². The Balaban J connectivity index is 2.46. The third-order valence-electron chi connectivity index (χ3n) is 1.89. The molecule has 14 heavy (non-hydrogen) atoms. The highest BCUT2D eigenvalue weighted by Crippen LogP contribution is 2.25. The zero-order chi connectivity index (χ0) is 9.97. The van der Waals surface area contributed by atoms with Gasteiger partial charge in [0.15, 0.2) is 5.82 Å². The minimum atomic E-state index is 0.586. The van der Waals surface area contributed by atoms with E-state index >= 15 is 0 Å². The highest BCUT2D eigenvalue weighted by Gasteiger charge is 2.05. The van der Waals surface area contributed by atoms with E-state index in [1.54, 1.807) is 11.3 Å². The van der Waals surface area contributed by atoms with Gasteiger partial charge >= 0.3 is 0 Å². The van der Waals surface area contributed by atoms with Gasteiger partial charge in [-0.2, -0.15) is 0 Å². The number of nitrogen functional groups attached to an aromatic ring is 1. The normalized spacial score (nSPS) is 10.1. The Morgan fingerprint density at radius 1 is 1.43 bits per heavy atom. The lowest BCUT2D eigenvalue weighted by molar-refractivity contribution is 1.02. The molecule has 0 unspecified atom stereocenters. The Labute approximate surface area is 85.8 Å². The molecule has 2 rings (SSSR count). The molecule has 72 valence electrons. The summed E-state index contributed by atoms with van der Waals surface area (Å²) in [7, 11) is 0. The molecule has 0 fully saturated rings. The number of nitrogens with one attached hydrogen (secondary N) is 1. The monoisotopic (exact) mass is 206 g/mol. The molecule has 5 heteroatoms. The smallest absolute Gasteiger partial charge is 0.162 e. The molecule has 0 spiro atoms. The van der Waals surface area contributed by atoms with E-state index in [0.29, 0.717) is 5.82 Å². The van der Waals surface area contributed by atoms with E-state index < -0.39 is 0 Å². The maximum atomic E-state index is 5.24. The van der Waals surface area contributed by atoms with Crippen LogP contribution in [-0.2, 0) is 0 Å². The Morgan fingerprint density at radius 3 is 2.86 bits per heavy atom. The van der Waals surface area contributed by atoms with Gasteiger partial charge in [-0.05, 0) is 30.0 Å². The first-order valence-corrected chi connectivity index (χ1v) is 5.04. The Kier molecular flexibility index (Phi) is 2.43. The van der Waals surface area contributed by atoms with E-state index in [1.807, 2.05) is 30.5 Å². The number of hydrazine groups is 1. The number of anilines is 1. The number of aryl methyl sites for hydroxylation is 1. The molecule has 3 N–H and O–H groups in total. The fraction of sp³-hybridized carbons (Fsp3) is 0.111. The first kappa shape index (κ1) is 9.11. The van der Waals surface area contributed by atoms with Crippen LogP contribution in [0.3, 0.4) is 0 Å². The molecular weight excluding hydrogens is 196 g/mol. The highest BCUT2D eigenvalue weighted by atomic mass is 32.1. The molecule has 4 nitrogen and oxygen atoms in total. The molecule has 2 aromatic heterocycles. The second-order valence-electron chi connectivity index (χ2n) is 2.88. The molecule has 2 heterocycles. The molecule has 0 radical (unpaired) electrons. The number of rotatable bonds is 2. The van der Waals surface area contributed by atoms with Crippen LogP contribution in [0.5, 0.6) is 0 Å². The van der Waals surface area contributed by atoms with Crippen LogP contribution in [0.2, 0.25) is 0 Å². The lowest BCUT2D eigenvalue weighted by Crippen LogP contribution is -2.09. The van der Waals surface area contributed by atoms with Crippen LogP contribution >= 0.6 is 11.3 Å². The number of aromatic nitrogens is 2. The molecular formula is C9H10N4S. The first-order valence-electron chi connectivity index (χ1n) is 4.16. The lowest BCUT2D eigenvalue weighted by Gasteiger charge is -2.03. The predicted octanol–water partition coefficient (Wildman–Crippen LogP) is 1.80. The van der Waals surface area contributed by atoms with Crippen molar-refractivity contribution in [2.45, 2.75) is 6.92 Å².